The number of nitrogens with one attached hydrogen (secondary N) is 1. The molecule has 1 fully saturated rings. The maximum Gasteiger partial charge on any atom is 0.417 e. The highest BCUT2D eigenvalue weighted by atomic mass is 19.4. The number of fused-ring (bicyclic) bond motifs is 3. The molecule has 2 amide bonds. The van der Waals surface area contributed by atoms with Gasteiger partial charge in [0.2, 0.25) is 0 Å². The Labute approximate surface area is 143 Å². The summed E-state index contributed by atoms with van der Waals surface area (Å²) in [4.78, 5) is 25.9. The molecule has 0 saturated carbocycles. The van der Waals surface area contributed by atoms with Gasteiger partial charge in [0.1, 0.15) is 5.60 Å². The summed E-state index contributed by atoms with van der Waals surface area (Å²) in [6, 6.07) is 3.31. The van der Waals surface area contributed by atoms with Gasteiger partial charge < -0.3 is 15.0 Å². The van der Waals surface area contributed by atoms with E-state index in [0.717, 1.165) is 6.07 Å². The molecule has 1 aromatic rings. The van der Waals surface area contributed by atoms with E-state index in [1.54, 1.807) is 20.8 Å². The first-order valence-electron chi connectivity index (χ1n) is 7.96. The maximum absolute atomic E-state index is 13.2. The number of hydrogen-bond acceptors (Lipinski definition) is 3. The van der Waals surface area contributed by atoms with Crippen LogP contribution in [0.5, 0.6) is 0 Å². The second-order valence-corrected chi connectivity index (χ2v) is 7.34. The molecule has 0 radical (unpaired) electrons. The van der Waals surface area contributed by atoms with E-state index in [9.17, 15) is 22.8 Å². The smallest absolute Gasteiger partial charge is 0.417 e. The van der Waals surface area contributed by atoms with Crippen molar-refractivity contribution in [2.24, 2.45) is 0 Å². The van der Waals surface area contributed by atoms with Crippen LogP contribution in [0.3, 0.4) is 0 Å². The van der Waals surface area contributed by atoms with Crippen LogP contribution in [0.25, 0.3) is 0 Å². The summed E-state index contributed by atoms with van der Waals surface area (Å²) in [5, 5.41) is 2.61. The largest absolute Gasteiger partial charge is 0.444 e. The minimum atomic E-state index is -4.61. The number of benzene rings is 1. The van der Waals surface area contributed by atoms with Crippen LogP contribution < -0.4 is 5.32 Å². The Morgan fingerprint density at radius 1 is 1.24 bits per heavy atom. The highest BCUT2D eigenvalue weighted by Gasteiger charge is 2.46. The lowest BCUT2D eigenvalue weighted by atomic mass is 9.84. The molecule has 2 atom stereocenters. The Morgan fingerprint density at radius 2 is 1.92 bits per heavy atom. The number of carbonyl (C=O) groups excluding carboxylic acids is 2. The molecule has 8 heteroatoms. The zero-order chi connectivity index (χ0) is 18.6. The Hall–Kier alpha value is -2.25. The number of carbonyl (C=O) groups is 2. The monoisotopic (exact) mass is 356 g/mol. The van der Waals surface area contributed by atoms with Gasteiger partial charge in [-0.2, -0.15) is 13.2 Å². The van der Waals surface area contributed by atoms with E-state index in [0.29, 0.717) is 5.56 Å². The number of hydrogen-bond donors (Lipinski definition) is 1. The Kier molecular flexibility index (Phi) is 3.96. The van der Waals surface area contributed by atoms with Crippen molar-refractivity contribution >= 4 is 12.0 Å². The standard InChI is InChI=1S/C17H19F3N2O3/c1-16(2,3)25-15(24)22-7-10-9-5-4-6-11(17(18,19)20)13(9)14(23)21-12(10)8-22/h4-6,10,12H,7-8H2,1-3H3,(H,21,23)/t10-,12+/m1/s1. The number of alkyl halides is 3. The second-order valence-electron chi connectivity index (χ2n) is 7.34. The summed E-state index contributed by atoms with van der Waals surface area (Å²) >= 11 is 0. The molecule has 2 aliphatic heterocycles. The summed E-state index contributed by atoms with van der Waals surface area (Å²) in [5.74, 6) is -1.14. The van der Waals surface area contributed by atoms with Crippen LogP contribution in [0, 0.1) is 0 Å². The van der Waals surface area contributed by atoms with Crippen LogP contribution in [-0.4, -0.2) is 41.6 Å². The molecule has 3 rings (SSSR count). The number of amides is 2. The molecule has 0 unspecified atom stereocenters. The van der Waals surface area contributed by atoms with Gasteiger partial charge in [-0.3, -0.25) is 4.79 Å². The van der Waals surface area contributed by atoms with Crippen molar-refractivity contribution in [2.45, 2.75) is 44.5 Å². The SMILES string of the molecule is CC(C)(C)OC(=O)N1C[C@@H]2NC(=O)c3c(cccc3C(F)(F)F)[C@H]2C1. The van der Waals surface area contributed by atoms with Crippen LogP contribution in [0.1, 0.15) is 48.2 Å². The molecule has 1 aromatic carbocycles. The lowest BCUT2D eigenvalue weighted by molar-refractivity contribution is -0.138. The Morgan fingerprint density at radius 3 is 2.52 bits per heavy atom. The second kappa shape index (κ2) is 5.64. The van der Waals surface area contributed by atoms with Gasteiger partial charge >= 0.3 is 12.3 Å². The minimum absolute atomic E-state index is 0.203. The van der Waals surface area contributed by atoms with E-state index in [1.807, 2.05) is 0 Å². The molecule has 0 bridgehead atoms. The predicted octanol–water partition coefficient (Wildman–Crippen LogP) is 3.15. The quantitative estimate of drug-likeness (QED) is 0.777. The van der Waals surface area contributed by atoms with Gasteiger partial charge in [0.05, 0.1) is 17.2 Å². The lowest BCUT2D eigenvalue weighted by Crippen LogP contribution is -2.45. The van der Waals surface area contributed by atoms with Crippen LogP contribution in [0.15, 0.2) is 18.2 Å². The first-order valence-corrected chi connectivity index (χ1v) is 7.96. The molecule has 136 valence electrons. The molecule has 1 saturated heterocycles. The Bertz CT molecular complexity index is 725. The van der Waals surface area contributed by atoms with E-state index in [1.165, 1.54) is 17.0 Å². The molecule has 2 aliphatic rings. The molecule has 1 N–H and O–H groups in total. The van der Waals surface area contributed by atoms with E-state index in [2.05, 4.69) is 5.32 Å². The number of ether oxygens (including phenoxy) is 1. The number of nitrogens with zero attached hydrogens (tertiary/aromatic N) is 1. The molecule has 25 heavy (non-hydrogen) atoms. The van der Waals surface area contributed by atoms with E-state index >= 15 is 0 Å². The van der Waals surface area contributed by atoms with Crippen LogP contribution in [0.4, 0.5) is 18.0 Å². The zero-order valence-electron chi connectivity index (χ0n) is 14.1. The summed E-state index contributed by atoms with van der Waals surface area (Å²) in [6.45, 7) is 5.62. The summed E-state index contributed by atoms with van der Waals surface area (Å²) in [5.41, 5.74) is -1.64. The van der Waals surface area contributed by atoms with Crippen molar-refractivity contribution in [3.05, 3.63) is 34.9 Å². The van der Waals surface area contributed by atoms with Gasteiger partial charge in [-0.1, -0.05) is 12.1 Å². The van der Waals surface area contributed by atoms with Crippen molar-refractivity contribution in [3.63, 3.8) is 0 Å². The van der Waals surface area contributed by atoms with Crippen molar-refractivity contribution < 1.29 is 27.5 Å². The fourth-order valence-electron chi connectivity index (χ4n) is 3.35. The van der Waals surface area contributed by atoms with Gasteiger partial charge in [-0.25, -0.2) is 4.79 Å². The fraction of sp³-hybridized carbons (Fsp3) is 0.529. The van der Waals surface area contributed by atoms with Gasteiger partial charge in [0.25, 0.3) is 5.91 Å². The molecule has 5 nitrogen and oxygen atoms in total. The molecular weight excluding hydrogens is 337 g/mol. The third-order valence-corrected chi connectivity index (χ3v) is 4.32. The van der Waals surface area contributed by atoms with Crippen molar-refractivity contribution in [1.82, 2.24) is 10.2 Å². The highest BCUT2D eigenvalue weighted by molar-refractivity contribution is 5.99. The summed E-state index contributed by atoms with van der Waals surface area (Å²) < 4.78 is 45.0. The van der Waals surface area contributed by atoms with Crippen molar-refractivity contribution in [2.75, 3.05) is 13.1 Å². The van der Waals surface area contributed by atoms with Gasteiger partial charge in [0.15, 0.2) is 0 Å². The minimum Gasteiger partial charge on any atom is -0.444 e. The average Bonchev–Trinajstić information content (AvgIpc) is 2.88. The molecule has 2 heterocycles. The first kappa shape index (κ1) is 17.6. The predicted molar refractivity (Wildman–Crippen MR) is 83.2 cm³/mol. The van der Waals surface area contributed by atoms with Crippen molar-refractivity contribution in [3.8, 4) is 0 Å². The van der Waals surface area contributed by atoms with Gasteiger partial charge in [-0.05, 0) is 32.4 Å². The third kappa shape index (κ3) is 3.29. The zero-order valence-corrected chi connectivity index (χ0v) is 14.1. The summed E-state index contributed by atoms with van der Waals surface area (Å²) in [7, 11) is 0. The summed E-state index contributed by atoms with van der Waals surface area (Å²) in [6.07, 6.45) is -5.15. The number of likely N-dealkylation sites (tertiary alicyclic amines) is 1. The van der Waals surface area contributed by atoms with E-state index in [-0.39, 0.29) is 24.6 Å². The molecular formula is C17H19F3N2O3. The maximum atomic E-state index is 13.2. The van der Waals surface area contributed by atoms with Crippen molar-refractivity contribution in [1.29, 1.82) is 0 Å². The molecule has 0 aliphatic carbocycles. The topological polar surface area (TPSA) is 58.6 Å². The number of halogens is 3. The highest BCUT2D eigenvalue weighted by Crippen LogP contribution is 2.40. The average molecular weight is 356 g/mol. The van der Waals surface area contributed by atoms with Crippen LogP contribution in [0.2, 0.25) is 0 Å². The molecule has 0 spiro atoms. The first-order chi connectivity index (χ1) is 11.5. The third-order valence-electron chi connectivity index (χ3n) is 4.32. The fourth-order valence-corrected chi connectivity index (χ4v) is 3.35. The normalized spacial score (nSPS) is 23.0. The Balaban J connectivity index is 1.92. The lowest BCUT2D eigenvalue weighted by Gasteiger charge is -2.29. The van der Waals surface area contributed by atoms with Gasteiger partial charge in [0, 0.05) is 19.0 Å². The van der Waals surface area contributed by atoms with Crippen LogP contribution in [-0.2, 0) is 10.9 Å². The van der Waals surface area contributed by atoms with Gasteiger partial charge in [-0.15, -0.1) is 0 Å². The van der Waals surface area contributed by atoms with E-state index < -0.39 is 35.4 Å². The van der Waals surface area contributed by atoms with E-state index in [4.69, 9.17) is 4.74 Å². The molecule has 0 aromatic heterocycles. The number of rotatable bonds is 0. The van der Waals surface area contributed by atoms with Crippen LogP contribution >= 0.6 is 0 Å².